The highest BCUT2D eigenvalue weighted by atomic mass is 16.5. The molecule has 0 bridgehead atoms. The summed E-state index contributed by atoms with van der Waals surface area (Å²) in [4.78, 5) is 19.0. The van der Waals surface area contributed by atoms with Gasteiger partial charge in [-0.15, -0.1) is 0 Å². The van der Waals surface area contributed by atoms with E-state index in [1.54, 1.807) is 22.8 Å². The van der Waals surface area contributed by atoms with Crippen LogP contribution in [-0.2, 0) is 0 Å². The van der Waals surface area contributed by atoms with Crippen molar-refractivity contribution in [1.82, 2.24) is 19.6 Å². The molecule has 0 saturated carbocycles. The molecular weight excluding hydrogens is 260 g/mol. The van der Waals surface area contributed by atoms with Gasteiger partial charge in [-0.1, -0.05) is 0 Å². The van der Waals surface area contributed by atoms with Gasteiger partial charge in [0.25, 0.3) is 0 Å². The molecule has 0 spiro atoms. The molecule has 7 heteroatoms. The molecule has 0 amide bonds. The summed E-state index contributed by atoms with van der Waals surface area (Å²) in [6.07, 6.45) is 4.62. The fourth-order valence-corrected chi connectivity index (χ4v) is 1.84. The van der Waals surface area contributed by atoms with Gasteiger partial charge in [-0.3, -0.25) is 0 Å². The van der Waals surface area contributed by atoms with Gasteiger partial charge in [0, 0.05) is 18.6 Å². The van der Waals surface area contributed by atoms with Crippen molar-refractivity contribution in [1.29, 1.82) is 0 Å². The number of nitrogens with zero attached hydrogens (tertiary/aromatic N) is 4. The monoisotopic (exact) mass is 270 g/mol. The van der Waals surface area contributed by atoms with E-state index in [1.165, 1.54) is 18.5 Å². The molecule has 0 aliphatic rings. The van der Waals surface area contributed by atoms with Gasteiger partial charge < -0.3 is 9.84 Å². The molecule has 0 aromatic carbocycles. The van der Waals surface area contributed by atoms with Crippen LogP contribution in [0.15, 0.2) is 36.8 Å². The van der Waals surface area contributed by atoms with E-state index in [0.29, 0.717) is 5.52 Å². The molecule has 3 heterocycles. The van der Waals surface area contributed by atoms with Crippen LogP contribution in [0.2, 0.25) is 0 Å². The summed E-state index contributed by atoms with van der Waals surface area (Å²) in [7, 11) is 0. The zero-order valence-electron chi connectivity index (χ0n) is 10.5. The second-order valence-corrected chi connectivity index (χ2v) is 4.11. The molecule has 0 radical (unpaired) electrons. The van der Waals surface area contributed by atoms with Crippen LogP contribution < -0.4 is 4.74 Å². The van der Waals surface area contributed by atoms with Crippen LogP contribution in [-0.4, -0.2) is 30.7 Å². The van der Waals surface area contributed by atoms with E-state index in [1.807, 2.05) is 6.92 Å². The van der Waals surface area contributed by atoms with E-state index in [9.17, 15) is 4.79 Å². The topological polar surface area (TPSA) is 89.6 Å². The van der Waals surface area contributed by atoms with Crippen molar-refractivity contribution in [3.8, 4) is 11.6 Å². The van der Waals surface area contributed by atoms with Crippen molar-refractivity contribution in [3.05, 3.63) is 48.2 Å². The number of hydrogen-bond donors (Lipinski definition) is 1. The predicted molar refractivity (Wildman–Crippen MR) is 69.0 cm³/mol. The second kappa shape index (κ2) is 4.61. The van der Waals surface area contributed by atoms with E-state index < -0.39 is 5.97 Å². The zero-order valence-corrected chi connectivity index (χ0v) is 10.5. The highest BCUT2D eigenvalue weighted by Crippen LogP contribution is 2.26. The number of fused-ring (bicyclic) bond motifs is 1. The number of aryl methyl sites for hydroxylation is 1. The third kappa shape index (κ3) is 2.05. The van der Waals surface area contributed by atoms with E-state index in [2.05, 4.69) is 15.1 Å². The minimum absolute atomic E-state index is 0.138. The summed E-state index contributed by atoms with van der Waals surface area (Å²) in [5, 5.41) is 13.3. The lowest BCUT2D eigenvalue weighted by molar-refractivity contribution is 0.0687. The molecule has 3 aromatic heterocycles. The minimum atomic E-state index is -1.16. The SMILES string of the molecule is Cc1cc2c(Oc3cccnc3C(=O)O)nccn2n1. The standard InChI is InChI=1S/C13H10N4O3/c1-8-7-9-12(15-5-6-17(9)16-8)20-10-3-2-4-14-11(10)13(18)19/h2-7H,1H3,(H,18,19). The van der Waals surface area contributed by atoms with Crippen molar-refractivity contribution in [2.45, 2.75) is 6.92 Å². The Bertz CT molecular complexity index is 797. The molecule has 0 unspecified atom stereocenters. The number of aromatic carboxylic acids is 1. The van der Waals surface area contributed by atoms with Crippen LogP contribution in [0.3, 0.4) is 0 Å². The molecule has 1 N–H and O–H groups in total. The summed E-state index contributed by atoms with van der Waals surface area (Å²) >= 11 is 0. The Labute approximate surface area is 113 Å². The first-order valence-electron chi connectivity index (χ1n) is 5.82. The third-order valence-electron chi connectivity index (χ3n) is 2.66. The first kappa shape index (κ1) is 12.1. The Morgan fingerprint density at radius 1 is 1.35 bits per heavy atom. The van der Waals surface area contributed by atoms with E-state index in [0.717, 1.165) is 5.69 Å². The Hall–Kier alpha value is -2.96. The molecule has 3 rings (SSSR count). The van der Waals surface area contributed by atoms with Crippen LogP contribution in [0.4, 0.5) is 0 Å². The molecule has 0 fully saturated rings. The Kier molecular flexibility index (Phi) is 2.79. The number of hydrogen-bond acceptors (Lipinski definition) is 5. The Morgan fingerprint density at radius 2 is 2.20 bits per heavy atom. The molecule has 3 aromatic rings. The molecule has 100 valence electrons. The van der Waals surface area contributed by atoms with Crippen molar-refractivity contribution in [2.24, 2.45) is 0 Å². The second-order valence-electron chi connectivity index (χ2n) is 4.11. The highest BCUT2D eigenvalue weighted by molar-refractivity contribution is 5.88. The first-order chi connectivity index (χ1) is 9.65. The maximum Gasteiger partial charge on any atom is 0.358 e. The number of carboxylic acid groups (broad SMARTS) is 1. The molecule has 0 aliphatic heterocycles. The highest BCUT2D eigenvalue weighted by Gasteiger charge is 2.15. The fourth-order valence-electron chi connectivity index (χ4n) is 1.84. The van der Waals surface area contributed by atoms with Crippen LogP contribution in [0.25, 0.3) is 5.52 Å². The van der Waals surface area contributed by atoms with Gasteiger partial charge in [0.1, 0.15) is 5.52 Å². The molecule has 0 aliphatic carbocycles. The van der Waals surface area contributed by atoms with E-state index in [-0.39, 0.29) is 17.3 Å². The average molecular weight is 270 g/mol. The molecule has 0 atom stereocenters. The Balaban J connectivity index is 2.08. The quantitative estimate of drug-likeness (QED) is 0.782. The predicted octanol–water partition coefficient (Wildman–Crippen LogP) is 1.92. The van der Waals surface area contributed by atoms with Gasteiger partial charge in [-0.25, -0.2) is 19.3 Å². The van der Waals surface area contributed by atoms with Gasteiger partial charge in [0.05, 0.1) is 5.69 Å². The number of ether oxygens (including phenoxy) is 1. The van der Waals surface area contributed by atoms with Gasteiger partial charge in [0.2, 0.25) is 5.88 Å². The van der Waals surface area contributed by atoms with Gasteiger partial charge in [-0.2, -0.15) is 5.10 Å². The van der Waals surface area contributed by atoms with Crippen LogP contribution in [0, 0.1) is 6.92 Å². The van der Waals surface area contributed by atoms with E-state index in [4.69, 9.17) is 9.84 Å². The molecule has 0 saturated heterocycles. The summed E-state index contributed by atoms with van der Waals surface area (Å²) in [5.74, 6) is -0.736. The van der Waals surface area contributed by atoms with Crippen LogP contribution in [0.1, 0.15) is 16.2 Å². The normalized spacial score (nSPS) is 10.7. The number of carbonyl (C=O) groups is 1. The number of carboxylic acids is 1. The zero-order chi connectivity index (χ0) is 14.1. The minimum Gasteiger partial charge on any atom is -0.476 e. The fraction of sp³-hybridized carbons (Fsp3) is 0.0769. The Morgan fingerprint density at radius 3 is 3.00 bits per heavy atom. The van der Waals surface area contributed by atoms with Crippen molar-refractivity contribution in [3.63, 3.8) is 0 Å². The third-order valence-corrected chi connectivity index (χ3v) is 2.66. The summed E-state index contributed by atoms with van der Waals surface area (Å²) in [5.41, 5.74) is 1.31. The summed E-state index contributed by atoms with van der Waals surface area (Å²) in [6.45, 7) is 1.85. The lowest BCUT2D eigenvalue weighted by Crippen LogP contribution is -2.03. The number of rotatable bonds is 3. The summed E-state index contributed by atoms with van der Waals surface area (Å²) in [6, 6.07) is 4.94. The van der Waals surface area contributed by atoms with Crippen molar-refractivity contribution < 1.29 is 14.6 Å². The van der Waals surface area contributed by atoms with Gasteiger partial charge >= 0.3 is 5.97 Å². The smallest absolute Gasteiger partial charge is 0.358 e. The number of pyridine rings is 1. The lowest BCUT2D eigenvalue weighted by atomic mass is 10.3. The maximum absolute atomic E-state index is 11.1. The molecule has 20 heavy (non-hydrogen) atoms. The lowest BCUT2D eigenvalue weighted by Gasteiger charge is -2.07. The summed E-state index contributed by atoms with van der Waals surface area (Å²) < 4.78 is 7.20. The largest absolute Gasteiger partial charge is 0.476 e. The van der Waals surface area contributed by atoms with Crippen LogP contribution in [0.5, 0.6) is 11.6 Å². The van der Waals surface area contributed by atoms with Gasteiger partial charge in [0.15, 0.2) is 11.4 Å². The molecular formula is C13H10N4O3. The number of aromatic nitrogens is 4. The van der Waals surface area contributed by atoms with Crippen LogP contribution >= 0.6 is 0 Å². The average Bonchev–Trinajstić information content (AvgIpc) is 2.80. The van der Waals surface area contributed by atoms with E-state index >= 15 is 0 Å². The van der Waals surface area contributed by atoms with Crippen molar-refractivity contribution >= 4 is 11.5 Å². The van der Waals surface area contributed by atoms with Gasteiger partial charge in [-0.05, 0) is 25.1 Å². The maximum atomic E-state index is 11.1. The first-order valence-corrected chi connectivity index (χ1v) is 5.82. The van der Waals surface area contributed by atoms with Crippen molar-refractivity contribution in [2.75, 3.05) is 0 Å². The molecule has 7 nitrogen and oxygen atoms in total.